The summed E-state index contributed by atoms with van der Waals surface area (Å²) < 4.78 is 17.0. The van der Waals surface area contributed by atoms with Crippen LogP contribution in [0.4, 0.5) is 0 Å². The first-order valence-corrected chi connectivity index (χ1v) is 12.4. The molecule has 0 fully saturated rings. The zero-order valence-electron chi connectivity index (χ0n) is 20.9. The van der Waals surface area contributed by atoms with E-state index in [1.165, 1.54) is 0 Å². The van der Waals surface area contributed by atoms with Gasteiger partial charge in [0.15, 0.2) is 5.11 Å². The first-order valence-electron chi connectivity index (χ1n) is 12.0. The first kappa shape index (κ1) is 27.5. The van der Waals surface area contributed by atoms with Crippen LogP contribution < -0.4 is 30.4 Å². The highest BCUT2D eigenvalue weighted by Gasteiger charge is 2.14. The van der Waals surface area contributed by atoms with Gasteiger partial charge in [-0.15, -0.1) is 0 Å². The number of para-hydroxylation sites is 2. The second kappa shape index (κ2) is 14.4. The molecule has 0 aromatic heterocycles. The van der Waals surface area contributed by atoms with Crippen LogP contribution >= 0.6 is 12.2 Å². The normalized spacial score (nSPS) is 10.4. The van der Waals surface area contributed by atoms with Crippen LogP contribution in [-0.2, 0) is 0 Å². The Bertz CT molecular complexity index is 1170. The molecule has 0 spiro atoms. The molecule has 2 amide bonds. The average molecular weight is 522 g/mol. The van der Waals surface area contributed by atoms with Gasteiger partial charge in [-0.05, 0) is 73.1 Å². The fourth-order valence-electron chi connectivity index (χ4n) is 3.11. The maximum Gasteiger partial charge on any atom is 0.269 e. The summed E-state index contributed by atoms with van der Waals surface area (Å²) >= 11 is 5.15. The second-order valence-electron chi connectivity index (χ2n) is 8.42. The minimum atomic E-state index is -0.478. The summed E-state index contributed by atoms with van der Waals surface area (Å²) in [6.07, 6.45) is 0.953. The van der Waals surface area contributed by atoms with E-state index < -0.39 is 11.8 Å². The molecule has 37 heavy (non-hydrogen) atoms. The van der Waals surface area contributed by atoms with Gasteiger partial charge >= 0.3 is 0 Å². The van der Waals surface area contributed by atoms with Gasteiger partial charge in [0.05, 0.1) is 12.2 Å². The van der Waals surface area contributed by atoms with Crippen molar-refractivity contribution in [3.8, 4) is 17.2 Å². The molecule has 9 heteroatoms. The van der Waals surface area contributed by atoms with E-state index in [0.29, 0.717) is 41.8 Å². The number of hydrogen-bond donors (Lipinski definition) is 3. The molecule has 8 nitrogen and oxygen atoms in total. The van der Waals surface area contributed by atoms with Crippen molar-refractivity contribution in [1.82, 2.24) is 16.2 Å². The number of amides is 2. The zero-order valence-corrected chi connectivity index (χ0v) is 21.7. The van der Waals surface area contributed by atoms with Gasteiger partial charge in [0.25, 0.3) is 11.8 Å². The lowest BCUT2D eigenvalue weighted by atomic mass is 10.1. The van der Waals surface area contributed by atoms with E-state index >= 15 is 0 Å². The number of rotatable bonds is 11. The molecule has 0 saturated heterocycles. The van der Waals surface area contributed by atoms with Crippen molar-refractivity contribution in [2.24, 2.45) is 5.92 Å². The standard InChI is InChI=1S/C28H31N3O5S/c1-20(2)16-17-34-23-14-12-21(13-15-23)26(32)30-31-28(37)29-27(33)24-10-6-7-11-25(24)36-19-18-35-22-8-4-3-5-9-22/h3-15,20H,16-19H2,1-2H3,(H,30,32)(H2,29,31,33,37). The van der Waals surface area contributed by atoms with E-state index in [1.807, 2.05) is 30.3 Å². The monoisotopic (exact) mass is 521 g/mol. The van der Waals surface area contributed by atoms with E-state index in [0.717, 1.165) is 12.2 Å². The lowest BCUT2D eigenvalue weighted by molar-refractivity contribution is 0.0933. The Morgan fingerprint density at radius 3 is 2.08 bits per heavy atom. The van der Waals surface area contributed by atoms with Gasteiger partial charge in [-0.25, -0.2) is 0 Å². The molecule has 0 heterocycles. The molecule has 0 bridgehead atoms. The maximum absolute atomic E-state index is 12.7. The molecule has 194 valence electrons. The number of benzene rings is 3. The van der Waals surface area contributed by atoms with Crippen LogP contribution in [0.5, 0.6) is 17.2 Å². The largest absolute Gasteiger partial charge is 0.494 e. The Kier molecular flexibility index (Phi) is 10.7. The molecule has 0 radical (unpaired) electrons. The van der Waals surface area contributed by atoms with Gasteiger partial charge in [-0.1, -0.05) is 44.2 Å². The quantitative estimate of drug-likeness (QED) is 0.194. The Balaban J connectivity index is 1.43. The van der Waals surface area contributed by atoms with Gasteiger partial charge in [0, 0.05) is 5.56 Å². The average Bonchev–Trinajstić information content (AvgIpc) is 2.90. The van der Waals surface area contributed by atoms with Gasteiger partial charge in [-0.2, -0.15) is 0 Å². The highest BCUT2D eigenvalue weighted by atomic mass is 32.1. The van der Waals surface area contributed by atoms with E-state index in [9.17, 15) is 9.59 Å². The van der Waals surface area contributed by atoms with Gasteiger partial charge in [0.1, 0.15) is 30.5 Å². The number of carbonyl (C=O) groups is 2. The van der Waals surface area contributed by atoms with Gasteiger partial charge < -0.3 is 14.2 Å². The molecule has 0 unspecified atom stereocenters. The fraction of sp³-hybridized carbons (Fsp3) is 0.250. The zero-order chi connectivity index (χ0) is 26.5. The van der Waals surface area contributed by atoms with E-state index in [4.69, 9.17) is 26.4 Å². The molecule has 0 aliphatic carbocycles. The lowest BCUT2D eigenvalue weighted by Crippen LogP contribution is -2.48. The van der Waals surface area contributed by atoms with Crippen molar-refractivity contribution in [3.63, 3.8) is 0 Å². The molecule has 0 aliphatic rings. The van der Waals surface area contributed by atoms with Gasteiger partial charge in [0.2, 0.25) is 0 Å². The van der Waals surface area contributed by atoms with Crippen molar-refractivity contribution < 1.29 is 23.8 Å². The predicted octanol–water partition coefficient (Wildman–Crippen LogP) is 4.52. The Morgan fingerprint density at radius 2 is 1.35 bits per heavy atom. The van der Waals surface area contributed by atoms with Crippen LogP contribution in [0.25, 0.3) is 0 Å². The van der Waals surface area contributed by atoms with Crippen molar-refractivity contribution in [1.29, 1.82) is 0 Å². The first-order chi connectivity index (χ1) is 17.9. The van der Waals surface area contributed by atoms with E-state index in [2.05, 4.69) is 30.0 Å². The minimum Gasteiger partial charge on any atom is -0.494 e. The fourth-order valence-corrected chi connectivity index (χ4v) is 3.25. The number of ether oxygens (including phenoxy) is 3. The topological polar surface area (TPSA) is 97.9 Å². The summed E-state index contributed by atoms with van der Waals surface area (Å²) in [4.78, 5) is 25.1. The Hall–Kier alpha value is -4.11. The van der Waals surface area contributed by atoms with Crippen LogP contribution in [0.1, 0.15) is 41.0 Å². The third-order valence-corrected chi connectivity index (χ3v) is 5.29. The molecule has 0 atom stereocenters. The molecule has 3 N–H and O–H groups in total. The molecular weight excluding hydrogens is 490 g/mol. The summed E-state index contributed by atoms with van der Waals surface area (Å²) in [5.74, 6) is 1.49. The van der Waals surface area contributed by atoms with Crippen molar-refractivity contribution >= 4 is 29.1 Å². The molecule has 0 aliphatic heterocycles. The van der Waals surface area contributed by atoms with Gasteiger partial charge in [-0.3, -0.25) is 25.8 Å². The molecular formula is C28H31N3O5S. The van der Waals surface area contributed by atoms with Crippen molar-refractivity contribution in [2.75, 3.05) is 19.8 Å². The third kappa shape index (κ3) is 9.46. The highest BCUT2D eigenvalue weighted by molar-refractivity contribution is 7.80. The summed E-state index contributed by atoms with van der Waals surface area (Å²) in [7, 11) is 0. The number of nitrogens with one attached hydrogen (secondary N) is 3. The number of carbonyl (C=O) groups excluding carboxylic acids is 2. The number of thiocarbonyl (C=S) groups is 1. The summed E-state index contributed by atoms with van der Waals surface area (Å²) in [6, 6.07) is 22.9. The molecule has 3 rings (SSSR count). The van der Waals surface area contributed by atoms with Crippen molar-refractivity contribution in [2.45, 2.75) is 20.3 Å². The number of hydrazine groups is 1. The second-order valence-corrected chi connectivity index (χ2v) is 8.83. The van der Waals surface area contributed by atoms with Crippen LogP contribution in [0, 0.1) is 5.92 Å². The Labute approximate surface area is 222 Å². The third-order valence-electron chi connectivity index (χ3n) is 5.08. The molecule has 0 saturated carbocycles. The Morgan fingerprint density at radius 1 is 0.730 bits per heavy atom. The SMILES string of the molecule is CC(C)CCOc1ccc(C(=O)NNC(=S)NC(=O)c2ccccc2OCCOc2ccccc2)cc1. The van der Waals surface area contributed by atoms with Crippen LogP contribution in [0.2, 0.25) is 0 Å². The van der Waals surface area contributed by atoms with Crippen LogP contribution in [0.15, 0.2) is 78.9 Å². The van der Waals surface area contributed by atoms with Crippen LogP contribution in [-0.4, -0.2) is 36.7 Å². The molecule has 3 aromatic rings. The summed E-state index contributed by atoms with van der Waals surface area (Å²) in [5.41, 5.74) is 5.72. The smallest absolute Gasteiger partial charge is 0.269 e. The number of hydrogen-bond acceptors (Lipinski definition) is 6. The maximum atomic E-state index is 12.7. The van der Waals surface area contributed by atoms with Crippen molar-refractivity contribution in [3.05, 3.63) is 90.0 Å². The van der Waals surface area contributed by atoms with Crippen LogP contribution in [0.3, 0.4) is 0 Å². The lowest BCUT2D eigenvalue weighted by Gasteiger charge is -2.14. The molecule has 3 aromatic carbocycles. The predicted molar refractivity (Wildman–Crippen MR) is 146 cm³/mol. The van der Waals surface area contributed by atoms with E-state index in [-0.39, 0.29) is 11.7 Å². The van der Waals surface area contributed by atoms with E-state index in [1.54, 1.807) is 48.5 Å². The summed E-state index contributed by atoms with van der Waals surface area (Å²) in [5, 5.41) is 2.48. The summed E-state index contributed by atoms with van der Waals surface area (Å²) in [6.45, 7) is 5.45. The minimum absolute atomic E-state index is 0.0609. The highest BCUT2D eigenvalue weighted by Crippen LogP contribution is 2.18.